The van der Waals surface area contributed by atoms with Gasteiger partial charge in [-0.2, -0.15) is 0 Å². The zero-order valence-corrected chi connectivity index (χ0v) is 24.1. The summed E-state index contributed by atoms with van der Waals surface area (Å²) in [5.41, 5.74) is 4.09. The van der Waals surface area contributed by atoms with E-state index in [0.717, 1.165) is 60.4 Å². The number of rotatable bonds is 9. The molecule has 1 saturated heterocycles. The van der Waals surface area contributed by atoms with Crippen molar-refractivity contribution in [3.8, 4) is 5.88 Å². The molecule has 2 N–H and O–H groups in total. The number of ether oxygens (including phenoxy) is 2. The van der Waals surface area contributed by atoms with Crippen LogP contribution in [0, 0.1) is 5.92 Å². The van der Waals surface area contributed by atoms with E-state index < -0.39 is 5.97 Å². The number of anilines is 2. The van der Waals surface area contributed by atoms with Gasteiger partial charge in [-0.1, -0.05) is 12.1 Å². The van der Waals surface area contributed by atoms with Gasteiger partial charge in [0.05, 0.1) is 36.4 Å². The highest BCUT2D eigenvalue weighted by Crippen LogP contribution is 2.33. The number of methoxy groups -OCH3 is 1. The van der Waals surface area contributed by atoms with Crippen LogP contribution in [-0.4, -0.2) is 66.8 Å². The zero-order valence-electron chi connectivity index (χ0n) is 23.3. The van der Waals surface area contributed by atoms with Crippen molar-refractivity contribution in [2.24, 2.45) is 5.92 Å². The average Bonchev–Trinajstić information content (AvgIpc) is 2.99. The van der Waals surface area contributed by atoms with E-state index in [4.69, 9.17) is 9.47 Å². The second-order valence-electron chi connectivity index (χ2n) is 10.1. The van der Waals surface area contributed by atoms with Crippen LogP contribution in [-0.2, 0) is 25.5 Å². The van der Waals surface area contributed by atoms with E-state index in [1.54, 1.807) is 37.9 Å². The standard InChI is InChI=1S/C31H34N4O5S/c1-3-40-29(37)11-6-21-5-8-24(30-23(21)7-10-28(34-30)39-2)33-31(38)22-13-16-35(17-14-22)15-12-20-4-9-26-25(18-20)32-27(36)19-41-26/h4-11,18,22H,3,12-17,19H2,1-2H3,(H,32,36)(H,33,38)/b11-6+. The second kappa shape index (κ2) is 13.2. The number of hydrogen-bond acceptors (Lipinski definition) is 8. The molecule has 1 aromatic heterocycles. The molecular weight excluding hydrogens is 540 g/mol. The predicted octanol–water partition coefficient (Wildman–Crippen LogP) is 4.76. The number of carbonyl (C=O) groups excluding carboxylic acids is 3. The molecule has 0 spiro atoms. The van der Waals surface area contributed by atoms with E-state index in [1.165, 1.54) is 11.6 Å². The molecule has 2 aliphatic heterocycles. The topological polar surface area (TPSA) is 110 Å². The normalized spacial score (nSPS) is 15.9. The average molecular weight is 575 g/mol. The lowest BCUT2D eigenvalue weighted by atomic mass is 9.95. The highest BCUT2D eigenvalue weighted by Gasteiger charge is 2.26. The minimum atomic E-state index is -0.416. The summed E-state index contributed by atoms with van der Waals surface area (Å²) >= 11 is 1.57. The molecule has 3 aromatic rings. The molecule has 2 aromatic carbocycles. The lowest BCUT2D eigenvalue weighted by Gasteiger charge is -2.31. The number of nitrogens with zero attached hydrogens (tertiary/aromatic N) is 2. The first-order chi connectivity index (χ1) is 19.9. The third-order valence-electron chi connectivity index (χ3n) is 7.37. The summed E-state index contributed by atoms with van der Waals surface area (Å²) in [6, 6.07) is 13.6. The van der Waals surface area contributed by atoms with Gasteiger partial charge in [0.1, 0.15) is 0 Å². The number of carbonyl (C=O) groups is 3. The van der Waals surface area contributed by atoms with Crippen molar-refractivity contribution in [2.45, 2.75) is 31.1 Å². The van der Waals surface area contributed by atoms with Crippen molar-refractivity contribution < 1.29 is 23.9 Å². The van der Waals surface area contributed by atoms with Crippen molar-refractivity contribution in [1.29, 1.82) is 0 Å². The van der Waals surface area contributed by atoms with Gasteiger partial charge in [-0.05, 0) is 80.7 Å². The van der Waals surface area contributed by atoms with Gasteiger partial charge in [0.2, 0.25) is 17.7 Å². The molecule has 0 unspecified atom stereocenters. The number of esters is 1. The van der Waals surface area contributed by atoms with Crippen LogP contribution in [0.1, 0.15) is 30.9 Å². The van der Waals surface area contributed by atoms with Gasteiger partial charge < -0.3 is 25.0 Å². The second-order valence-corrected chi connectivity index (χ2v) is 11.1. The third kappa shape index (κ3) is 7.07. The van der Waals surface area contributed by atoms with Crippen LogP contribution in [0.3, 0.4) is 0 Å². The summed E-state index contributed by atoms with van der Waals surface area (Å²) in [7, 11) is 1.55. The zero-order chi connectivity index (χ0) is 28.8. The maximum atomic E-state index is 13.3. The summed E-state index contributed by atoms with van der Waals surface area (Å²) < 4.78 is 10.3. The van der Waals surface area contributed by atoms with Crippen LogP contribution in [0.25, 0.3) is 17.0 Å². The molecule has 9 nitrogen and oxygen atoms in total. The number of likely N-dealkylation sites (tertiary alicyclic amines) is 1. The number of nitrogens with one attached hydrogen (secondary N) is 2. The van der Waals surface area contributed by atoms with Gasteiger partial charge >= 0.3 is 5.97 Å². The minimum Gasteiger partial charge on any atom is -0.481 e. The number of aromatic nitrogens is 1. The molecular formula is C31H34N4O5S. The Morgan fingerprint density at radius 3 is 2.78 bits per heavy atom. The lowest BCUT2D eigenvalue weighted by molar-refractivity contribution is -0.137. The number of hydrogen-bond donors (Lipinski definition) is 2. The van der Waals surface area contributed by atoms with Crippen LogP contribution in [0.2, 0.25) is 0 Å². The lowest BCUT2D eigenvalue weighted by Crippen LogP contribution is -2.39. The molecule has 41 heavy (non-hydrogen) atoms. The molecule has 1 fully saturated rings. The number of benzene rings is 2. The summed E-state index contributed by atoms with van der Waals surface area (Å²) in [5, 5.41) is 6.85. The smallest absolute Gasteiger partial charge is 0.330 e. The van der Waals surface area contributed by atoms with E-state index in [1.807, 2.05) is 18.2 Å². The van der Waals surface area contributed by atoms with E-state index >= 15 is 0 Å². The molecule has 0 bridgehead atoms. The highest BCUT2D eigenvalue weighted by atomic mass is 32.2. The van der Waals surface area contributed by atoms with Crippen molar-refractivity contribution in [2.75, 3.05) is 49.7 Å². The third-order valence-corrected chi connectivity index (χ3v) is 8.44. The van der Waals surface area contributed by atoms with Gasteiger partial charge in [-0.3, -0.25) is 9.59 Å². The number of amides is 2. The first kappa shape index (κ1) is 28.6. The summed E-state index contributed by atoms with van der Waals surface area (Å²) in [6.45, 7) is 4.67. The first-order valence-electron chi connectivity index (χ1n) is 13.8. The molecule has 5 rings (SSSR count). The number of thioether (sulfide) groups is 1. The number of pyridine rings is 1. The van der Waals surface area contributed by atoms with Crippen LogP contribution < -0.4 is 15.4 Å². The molecule has 0 atom stereocenters. The van der Waals surface area contributed by atoms with Gasteiger partial charge in [0, 0.05) is 34.9 Å². The maximum Gasteiger partial charge on any atom is 0.330 e. The Balaban J connectivity index is 1.19. The van der Waals surface area contributed by atoms with E-state index in [2.05, 4.69) is 38.7 Å². The first-order valence-corrected chi connectivity index (χ1v) is 14.8. The fraction of sp³-hybridized carbons (Fsp3) is 0.355. The number of piperidine rings is 1. The Hall–Kier alpha value is -3.89. The Kier molecular flexibility index (Phi) is 9.21. The van der Waals surface area contributed by atoms with Gasteiger partial charge in [-0.15, -0.1) is 11.8 Å². The van der Waals surface area contributed by atoms with E-state index in [9.17, 15) is 14.4 Å². The molecule has 2 aliphatic rings. The summed E-state index contributed by atoms with van der Waals surface area (Å²) in [5.74, 6) is 0.425. The molecule has 214 valence electrons. The van der Waals surface area contributed by atoms with E-state index in [-0.39, 0.29) is 17.7 Å². The van der Waals surface area contributed by atoms with Gasteiger partial charge in [0.25, 0.3) is 0 Å². The van der Waals surface area contributed by atoms with E-state index in [0.29, 0.717) is 29.4 Å². The number of fused-ring (bicyclic) bond motifs is 2. The summed E-state index contributed by atoms with van der Waals surface area (Å²) in [6.07, 6.45) is 5.52. The fourth-order valence-corrected chi connectivity index (χ4v) is 5.94. The Bertz CT molecular complexity index is 1480. The van der Waals surface area contributed by atoms with Crippen molar-refractivity contribution in [3.05, 3.63) is 59.7 Å². The van der Waals surface area contributed by atoms with Gasteiger partial charge in [-0.25, -0.2) is 9.78 Å². The largest absolute Gasteiger partial charge is 0.481 e. The maximum absolute atomic E-state index is 13.3. The van der Waals surface area contributed by atoms with Crippen LogP contribution in [0.15, 0.2) is 53.4 Å². The van der Waals surface area contributed by atoms with Gasteiger partial charge in [0.15, 0.2) is 0 Å². The predicted molar refractivity (Wildman–Crippen MR) is 161 cm³/mol. The molecule has 10 heteroatoms. The molecule has 0 aliphatic carbocycles. The molecule has 3 heterocycles. The Morgan fingerprint density at radius 2 is 2.00 bits per heavy atom. The summed E-state index contributed by atoms with van der Waals surface area (Å²) in [4.78, 5) is 44.9. The van der Waals surface area contributed by atoms with Crippen molar-refractivity contribution in [1.82, 2.24) is 9.88 Å². The molecule has 0 radical (unpaired) electrons. The molecule has 0 saturated carbocycles. The highest BCUT2D eigenvalue weighted by molar-refractivity contribution is 8.00. The molecule has 2 amide bonds. The fourth-order valence-electron chi connectivity index (χ4n) is 5.16. The monoisotopic (exact) mass is 574 g/mol. The van der Waals surface area contributed by atoms with Crippen molar-refractivity contribution >= 4 is 57.9 Å². The Labute approximate surface area is 243 Å². The van der Waals surface area contributed by atoms with Crippen molar-refractivity contribution in [3.63, 3.8) is 0 Å². The quantitative estimate of drug-likeness (QED) is 0.278. The van der Waals surface area contributed by atoms with Crippen LogP contribution >= 0.6 is 11.8 Å². The van der Waals surface area contributed by atoms with Crippen LogP contribution in [0.4, 0.5) is 11.4 Å². The Morgan fingerprint density at radius 1 is 1.17 bits per heavy atom. The SMILES string of the molecule is CCOC(=O)/C=C/c1ccc(NC(=O)C2CCN(CCc3ccc4c(c3)NC(=O)CS4)CC2)c2nc(OC)ccc12. The minimum absolute atomic E-state index is 0.0201. The van der Waals surface area contributed by atoms with Crippen LogP contribution in [0.5, 0.6) is 5.88 Å².